The number of aryl methyl sites for hydroxylation is 1. The Kier molecular flexibility index (Phi) is 5.53. The van der Waals surface area contributed by atoms with Crippen molar-refractivity contribution in [3.63, 3.8) is 0 Å². The lowest BCUT2D eigenvalue weighted by Gasteiger charge is -2.15. The molecule has 0 amide bonds. The van der Waals surface area contributed by atoms with Gasteiger partial charge in [0.2, 0.25) is 5.88 Å². The van der Waals surface area contributed by atoms with Crippen LogP contribution in [0.25, 0.3) is 5.69 Å². The van der Waals surface area contributed by atoms with E-state index in [0.29, 0.717) is 22.5 Å². The molecule has 2 heterocycles. The minimum absolute atomic E-state index is 0.489. The molecule has 2 aromatic heterocycles. The zero-order valence-electron chi connectivity index (χ0n) is 16.7. The average molecular weight is 451 g/mol. The van der Waals surface area contributed by atoms with Crippen LogP contribution in [0.2, 0.25) is 10.0 Å². The molecule has 1 aliphatic rings. The monoisotopic (exact) mass is 450 g/mol. The van der Waals surface area contributed by atoms with Crippen molar-refractivity contribution in [2.24, 2.45) is 0 Å². The Labute approximate surface area is 190 Å². The maximum atomic E-state index is 6.50. The molecule has 0 aliphatic heterocycles. The van der Waals surface area contributed by atoms with Gasteiger partial charge in [-0.2, -0.15) is 5.10 Å². The van der Waals surface area contributed by atoms with Crippen molar-refractivity contribution in [3.05, 3.63) is 93.7 Å². The maximum Gasteiger partial charge on any atom is 0.224 e. The SMILES string of the molecule is Clc1cccc(-n2nc3c(c2NCc2cccnc2Oc2ccccc2)CCC3)c1Cl. The summed E-state index contributed by atoms with van der Waals surface area (Å²) in [6, 6.07) is 19.2. The predicted molar refractivity (Wildman–Crippen MR) is 124 cm³/mol. The van der Waals surface area contributed by atoms with Gasteiger partial charge in [0.05, 0.1) is 21.4 Å². The standard InChI is InChI=1S/C24H20Cl2N4O/c25-19-11-5-13-21(22(19)26)30-23(18-10-4-12-20(18)29-30)28-15-16-7-6-14-27-24(16)31-17-8-2-1-3-9-17/h1-3,5-9,11,13-14,28H,4,10,12,15H2. The summed E-state index contributed by atoms with van der Waals surface area (Å²) in [6.45, 7) is 0.534. The van der Waals surface area contributed by atoms with Gasteiger partial charge in [0.15, 0.2) is 0 Å². The van der Waals surface area contributed by atoms with E-state index in [-0.39, 0.29) is 0 Å². The molecule has 0 unspecified atom stereocenters. The van der Waals surface area contributed by atoms with Gasteiger partial charge < -0.3 is 10.1 Å². The number of nitrogens with zero attached hydrogens (tertiary/aromatic N) is 3. The molecule has 1 aliphatic carbocycles. The van der Waals surface area contributed by atoms with E-state index in [1.54, 1.807) is 12.3 Å². The molecule has 0 spiro atoms. The number of rotatable bonds is 6. The number of para-hydroxylation sites is 1. The van der Waals surface area contributed by atoms with E-state index in [9.17, 15) is 0 Å². The van der Waals surface area contributed by atoms with E-state index in [2.05, 4.69) is 10.3 Å². The molecule has 0 atom stereocenters. The number of ether oxygens (including phenoxy) is 1. The van der Waals surface area contributed by atoms with Crippen molar-refractivity contribution in [3.8, 4) is 17.3 Å². The van der Waals surface area contributed by atoms with Gasteiger partial charge in [0.25, 0.3) is 0 Å². The van der Waals surface area contributed by atoms with E-state index in [4.69, 9.17) is 33.0 Å². The predicted octanol–water partition coefficient (Wildman–Crippen LogP) is 6.47. The minimum Gasteiger partial charge on any atom is -0.439 e. The van der Waals surface area contributed by atoms with Gasteiger partial charge in [-0.05, 0) is 49.6 Å². The molecule has 0 bridgehead atoms. The number of nitrogens with one attached hydrogen (secondary N) is 1. The largest absolute Gasteiger partial charge is 0.439 e. The molecular formula is C24H20Cl2N4O. The Hall–Kier alpha value is -3.02. The summed E-state index contributed by atoms with van der Waals surface area (Å²) < 4.78 is 7.88. The maximum absolute atomic E-state index is 6.50. The highest BCUT2D eigenvalue weighted by Gasteiger charge is 2.24. The molecular weight excluding hydrogens is 431 g/mol. The number of pyridine rings is 1. The molecule has 0 saturated heterocycles. The molecule has 2 aromatic carbocycles. The minimum atomic E-state index is 0.489. The Bertz CT molecular complexity index is 1220. The topological polar surface area (TPSA) is 52.0 Å². The zero-order chi connectivity index (χ0) is 21.2. The van der Waals surface area contributed by atoms with E-state index in [1.807, 2.05) is 59.3 Å². The number of aromatic nitrogens is 3. The second-order valence-electron chi connectivity index (χ2n) is 7.35. The van der Waals surface area contributed by atoms with Crippen LogP contribution in [-0.2, 0) is 19.4 Å². The van der Waals surface area contributed by atoms with Crippen molar-refractivity contribution in [2.45, 2.75) is 25.8 Å². The summed E-state index contributed by atoms with van der Waals surface area (Å²) in [5.74, 6) is 2.26. The normalized spacial score (nSPS) is 12.6. The molecule has 31 heavy (non-hydrogen) atoms. The van der Waals surface area contributed by atoms with Gasteiger partial charge in [-0.3, -0.25) is 0 Å². The van der Waals surface area contributed by atoms with Crippen LogP contribution in [0.15, 0.2) is 66.9 Å². The summed E-state index contributed by atoms with van der Waals surface area (Å²) in [6.07, 6.45) is 4.78. The summed E-state index contributed by atoms with van der Waals surface area (Å²) in [4.78, 5) is 4.43. The second kappa shape index (κ2) is 8.61. The molecule has 1 N–H and O–H groups in total. The van der Waals surface area contributed by atoms with E-state index in [1.165, 1.54) is 5.56 Å². The van der Waals surface area contributed by atoms with Gasteiger partial charge in [-0.15, -0.1) is 0 Å². The number of benzene rings is 2. The van der Waals surface area contributed by atoms with Gasteiger partial charge in [-0.1, -0.05) is 53.5 Å². The molecule has 0 fully saturated rings. The lowest BCUT2D eigenvalue weighted by atomic mass is 10.2. The smallest absolute Gasteiger partial charge is 0.224 e. The van der Waals surface area contributed by atoms with Gasteiger partial charge in [0.1, 0.15) is 11.6 Å². The first kappa shape index (κ1) is 19.9. The van der Waals surface area contributed by atoms with Crippen molar-refractivity contribution < 1.29 is 4.74 Å². The van der Waals surface area contributed by atoms with Crippen LogP contribution in [-0.4, -0.2) is 14.8 Å². The first-order valence-electron chi connectivity index (χ1n) is 10.2. The average Bonchev–Trinajstić information content (AvgIpc) is 3.38. The number of anilines is 1. The van der Waals surface area contributed by atoms with Crippen LogP contribution in [0.3, 0.4) is 0 Å². The Morgan fingerprint density at radius 2 is 1.84 bits per heavy atom. The van der Waals surface area contributed by atoms with Crippen LogP contribution in [0.5, 0.6) is 11.6 Å². The molecule has 4 aromatic rings. The van der Waals surface area contributed by atoms with E-state index >= 15 is 0 Å². The first-order chi connectivity index (χ1) is 15.2. The van der Waals surface area contributed by atoms with Crippen molar-refractivity contribution in [1.82, 2.24) is 14.8 Å². The first-order valence-corrected chi connectivity index (χ1v) is 10.9. The van der Waals surface area contributed by atoms with Gasteiger partial charge in [-0.25, -0.2) is 9.67 Å². The van der Waals surface area contributed by atoms with Crippen LogP contribution < -0.4 is 10.1 Å². The molecule has 156 valence electrons. The summed E-state index contributed by atoms with van der Waals surface area (Å²) in [5.41, 5.74) is 4.04. The third kappa shape index (κ3) is 3.99. The van der Waals surface area contributed by atoms with Crippen LogP contribution in [0.1, 0.15) is 23.2 Å². The summed E-state index contributed by atoms with van der Waals surface area (Å²) >= 11 is 12.8. The highest BCUT2D eigenvalue weighted by atomic mass is 35.5. The number of hydrogen-bond donors (Lipinski definition) is 1. The Morgan fingerprint density at radius 1 is 0.968 bits per heavy atom. The fraction of sp³-hybridized carbons (Fsp3) is 0.167. The molecule has 0 radical (unpaired) electrons. The third-order valence-corrected chi connectivity index (χ3v) is 6.13. The second-order valence-corrected chi connectivity index (χ2v) is 8.13. The van der Waals surface area contributed by atoms with Crippen molar-refractivity contribution in [2.75, 3.05) is 5.32 Å². The molecule has 5 rings (SSSR count). The van der Waals surface area contributed by atoms with E-state index < -0.39 is 0 Å². The Balaban J connectivity index is 1.46. The van der Waals surface area contributed by atoms with Crippen molar-refractivity contribution in [1.29, 1.82) is 0 Å². The lowest BCUT2D eigenvalue weighted by Crippen LogP contribution is -2.10. The van der Waals surface area contributed by atoms with Crippen molar-refractivity contribution >= 4 is 29.0 Å². The number of halogens is 2. The van der Waals surface area contributed by atoms with Gasteiger partial charge >= 0.3 is 0 Å². The van der Waals surface area contributed by atoms with E-state index in [0.717, 1.165) is 47.8 Å². The highest BCUT2D eigenvalue weighted by Crippen LogP contribution is 2.36. The van der Waals surface area contributed by atoms with Crippen LogP contribution in [0.4, 0.5) is 5.82 Å². The molecule has 5 nitrogen and oxygen atoms in total. The summed E-state index contributed by atoms with van der Waals surface area (Å²) in [7, 11) is 0. The highest BCUT2D eigenvalue weighted by molar-refractivity contribution is 6.43. The Morgan fingerprint density at radius 3 is 2.71 bits per heavy atom. The van der Waals surface area contributed by atoms with Crippen LogP contribution >= 0.6 is 23.2 Å². The quantitative estimate of drug-likeness (QED) is 0.365. The third-order valence-electron chi connectivity index (χ3n) is 5.32. The fourth-order valence-electron chi connectivity index (χ4n) is 3.83. The van der Waals surface area contributed by atoms with Crippen LogP contribution in [0, 0.1) is 0 Å². The number of fused-ring (bicyclic) bond motifs is 1. The number of hydrogen-bond acceptors (Lipinski definition) is 4. The zero-order valence-corrected chi connectivity index (χ0v) is 18.2. The lowest BCUT2D eigenvalue weighted by molar-refractivity contribution is 0.457. The molecule has 7 heteroatoms. The summed E-state index contributed by atoms with van der Waals surface area (Å²) in [5, 5.41) is 9.38. The fourth-order valence-corrected chi connectivity index (χ4v) is 4.21. The molecule has 0 saturated carbocycles. The van der Waals surface area contributed by atoms with Gasteiger partial charge in [0, 0.05) is 23.9 Å².